The highest BCUT2D eigenvalue weighted by Gasteiger charge is 2.19. The van der Waals surface area contributed by atoms with E-state index in [9.17, 15) is 18.8 Å². The Labute approximate surface area is 188 Å². The predicted molar refractivity (Wildman–Crippen MR) is 121 cm³/mol. The van der Waals surface area contributed by atoms with Gasteiger partial charge in [0.25, 0.3) is 5.56 Å². The standard InChI is InChI=1S/C23H23FN4O3S/c24-16-11-9-15(10-12-16)13-28-21(30)18-7-3-4-8-19(18)26-23(28)32-14-20(29)27-22(31)25-17-5-1-2-6-17/h3-4,7-12,17H,1-2,5-6,13-14H2,(H2,25,27,29,31). The largest absolute Gasteiger partial charge is 0.335 e. The second kappa shape index (κ2) is 9.95. The number of hydrogen-bond donors (Lipinski definition) is 2. The van der Waals surface area contributed by atoms with Crippen LogP contribution in [0.1, 0.15) is 31.2 Å². The quantitative estimate of drug-likeness (QED) is 0.440. The fourth-order valence-electron chi connectivity index (χ4n) is 3.75. The van der Waals surface area contributed by atoms with Crippen LogP contribution < -0.4 is 16.2 Å². The third-order valence-electron chi connectivity index (χ3n) is 5.36. The molecule has 2 aromatic carbocycles. The fourth-order valence-corrected chi connectivity index (χ4v) is 4.55. The second-order valence-electron chi connectivity index (χ2n) is 7.72. The van der Waals surface area contributed by atoms with Gasteiger partial charge in [-0.05, 0) is 42.7 Å². The van der Waals surface area contributed by atoms with Crippen LogP contribution in [-0.2, 0) is 11.3 Å². The number of carbonyl (C=O) groups is 2. The molecule has 0 bridgehead atoms. The second-order valence-corrected chi connectivity index (χ2v) is 8.66. The minimum atomic E-state index is -0.502. The van der Waals surface area contributed by atoms with Crippen molar-refractivity contribution >= 4 is 34.6 Å². The number of thioether (sulfide) groups is 1. The molecule has 0 spiro atoms. The van der Waals surface area contributed by atoms with E-state index >= 15 is 0 Å². The first-order valence-electron chi connectivity index (χ1n) is 10.5. The SMILES string of the molecule is O=C(CSc1nc2ccccc2c(=O)n1Cc1ccc(F)cc1)NC(=O)NC1CCCC1. The number of nitrogens with zero attached hydrogens (tertiary/aromatic N) is 2. The number of benzene rings is 2. The van der Waals surface area contributed by atoms with Crippen molar-refractivity contribution in [3.63, 3.8) is 0 Å². The minimum Gasteiger partial charge on any atom is -0.335 e. The van der Waals surface area contributed by atoms with E-state index in [0.717, 1.165) is 43.0 Å². The van der Waals surface area contributed by atoms with Gasteiger partial charge in [-0.15, -0.1) is 0 Å². The molecule has 166 valence electrons. The first-order chi connectivity index (χ1) is 15.5. The summed E-state index contributed by atoms with van der Waals surface area (Å²) in [5.74, 6) is -0.909. The van der Waals surface area contributed by atoms with E-state index in [4.69, 9.17) is 0 Å². The number of nitrogens with one attached hydrogen (secondary N) is 2. The Balaban J connectivity index is 1.51. The molecular formula is C23H23FN4O3S. The normalized spacial score (nSPS) is 13.9. The summed E-state index contributed by atoms with van der Waals surface area (Å²) in [6.45, 7) is 0.184. The molecule has 1 heterocycles. The number of urea groups is 1. The molecule has 3 amide bonds. The maximum Gasteiger partial charge on any atom is 0.321 e. The molecular weight excluding hydrogens is 431 g/mol. The zero-order valence-corrected chi connectivity index (χ0v) is 18.2. The monoisotopic (exact) mass is 454 g/mol. The highest BCUT2D eigenvalue weighted by Crippen LogP contribution is 2.20. The Kier molecular flexibility index (Phi) is 6.84. The number of para-hydroxylation sites is 1. The molecule has 0 saturated heterocycles. The van der Waals surface area contributed by atoms with Crippen molar-refractivity contribution < 1.29 is 14.0 Å². The molecule has 1 saturated carbocycles. The zero-order valence-electron chi connectivity index (χ0n) is 17.3. The van der Waals surface area contributed by atoms with Crippen molar-refractivity contribution in [3.05, 3.63) is 70.3 Å². The molecule has 0 unspecified atom stereocenters. The van der Waals surface area contributed by atoms with Crippen molar-refractivity contribution in [2.24, 2.45) is 0 Å². The number of aromatic nitrogens is 2. The van der Waals surface area contributed by atoms with E-state index in [0.29, 0.717) is 16.1 Å². The molecule has 0 atom stereocenters. The third kappa shape index (κ3) is 5.34. The van der Waals surface area contributed by atoms with Gasteiger partial charge in [0.05, 0.1) is 23.2 Å². The van der Waals surface area contributed by atoms with E-state index < -0.39 is 11.9 Å². The van der Waals surface area contributed by atoms with Crippen LogP contribution >= 0.6 is 11.8 Å². The van der Waals surface area contributed by atoms with Gasteiger partial charge in [0.2, 0.25) is 5.91 Å². The van der Waals surface area contributed by atoms with Gasteiger partial charge in [-0.1, -0.05) is 48.9 Å². The van der Waals surface area contributed by atoms with Crippen molar-refractivity contribution in [2.45, 2.75) is 43.4 Å². The van der Waals surface area contributed by atoms with E-state index in [1.165, 1.54) is 16.7 Å². The zero-order chi connectivity index (χ0) is 22.5. The van der Waals surface area contributed by atoms with Gasteiger partial charge >= 0.3 is 6.03 Å². The minimum absolute atomic E-state index is 0.0771. The number of imide groups is 1. The molecule has 1 aliphatic carbocycles. The average Bonchev–Trinajstić information content (AvgIpc) is 3.28. The number of halogens is 1. The lowest BCUT2D eigenvalue weighted by atomic mass is 10.2. The molecule has 0 radical (unpaired) electrons. The van der Waals surface area contributed by atoms with E-state index in [-0.39, 0.29) is 29.7 Å². The molecule has 0 aliphatic heterocycles. The molecule has 3 aromatic rings. The summed E-state index contributed by atoms with van der Waals surface area (Å²) in [5.41, 5.74) is 1.00. The number of hydrogen-bond acceptors (Lipinski definition) is 5. The number of carbonyl (C=O) groups excluding carboxylic acids is 2. The van der Waals surface area contributed by atoms with Gasteiger partial charge in [0.1, 0.15) is 5.82 Å². The summed E-state index contributed by atoms with van der Waals surface area (Å²) in [7, 11) is 0. The van der Waals surface area contributed by atoms with Gasteiger partial charge in [-0.25, -0.2) is 14.2 Å². The molecule has 2 N–H and O–H groups in total. The van der Waals surface area contributed by atoms with Gasteiger partial charge in [-0.2, -0.15) is 0 Å². The topological polar surface area (TPSA) is 93.1 Å². The summed E-state index contributed by atoms with van der Waals surface area (Å²) in [6, 6.07) is 12.5. The van der Waals surface area contributed by atoms with Crippen molar-refractivity contribution in [1.29, 1.82) is 0 Å². The van der Waals surface area contributed by atoms with Crippen molar-refractivity contribution in [3.8, 4) is 0 Å². The van der Waals surface area contributed by atoms with Gasteiger partial charge in [0, 0.05) is 6.04 Å². The highest BCUT2D eigenvalue weighted by atomic mass is 32.2. The van der Waals surface area contributed by atoms with Crippen LogP contribution in [0.4, 0.5) is 9.18 Å². The summed E-state index contributed by atoms with van der Waals surface area (Å²) in [6.07, 6.45) is 4.00. The Hall–Kier alpha value is -3.20. The van der Waals surface area contributed by atoms with Crippen LogP contribution in [-0.4, -0.2) is 33.3 Å². The van der Waals surface area contributed by atoms with E-state index in [1.807, 2.05) is 0 Å². The Morgan fingerprint density at radius 3 is 2.56 bits per heavy atom. The van der Waals surface area contributed by atoms with Crippen molar-refractivity contribution in [1.82, 2.24) is 20.2 Å². The van der Waals surface area contributed by atoms with Crippen molar-refractivity contribution in [2.75, 3.05) is 5.75 Å². The Morgan fingerprint density at radius 1 is 1.09 bits per heavy atom. The lowest BCUT2D eigenvalue weighted by molar-refractivity contribution is -0.117. The molecule has 1 aromatic heterocycles. The number of fused-ring (bicyclic) bond motifs is 1. The van der Waals surface area contributed by atoms with Crippen LogP contribution in [0.3, 0.4) is 0 Å². The Bertz CT molecular complexity index is 1190. The molecule has 7 nitrogen and oxygen atoms in total. The summed E-state index contributed by atoms with van der Waals surface area (Å²) >= 11 is 1.08. The number of rotatable bonds is 6. The maximum atomic E-state index is 13.3. The first kappa shape index (κ1) is 22.0. The lowest BCUT2D eigenvalue weighted by Gasteiger charge is -2.14. The highest BCUT2D eigenvalue weighted by molar-refractivity contribution is 7.99. The molecule has 32 heavy (non-hydrogen) atoms. The van der Waals surface area contributed by atoms with Crippen LogP contribution in [0, 0.1) is 5.82 Å². The van der Waals surface area contributed by atoms with Gasteiger partial charge < -0.3 is 5.32 Å². The molecule has 1 fully saturated rings. The molecule has 1 aliphatic rings. The summed E-state index contributed by atoms with van der Waals surface area (Å²) in [5, 5.41) is 5.95. The van der Waals surface area contributed by atoms with E-state index in [1.54, 1.807) is 36.4 Å². The average molecular weight is 455 g/mol. The van der Waals surface area contributed by atoms with Crippen LogP contribution in [0.25, 0.3) is 10.9 Å². The van der Waals surface area contributed by atoms with Crippen LogP contribution in [0.2, 0.25) is 0 Å². The van der Waals surface area contributed by atoms with Crippen LogP contribution in [0.5, 0.6) is 0 Å². The lowest BCUT2D eigenvalue weighted by Crippen LogP contribution is -2.44. The summed E-state index contributed by atoms with van der Waals surface area (Å²) in [4.78, 5) is 42.0. The predicted octanol–water partition coefficient (Wildman–Crippen LogP) is 3.44. The third-order valence-corrected chi connectivity index (χ3v) is 6.33. The van der Waals surface area contributed by atoms with E-state index in [2.05, 4.69) is 15.6 Å². The first-order valence-corrected chi connectivity index (χ1v) is 11.5. The summed E-state index contributed by atoms with van der Waals surface area (Å²) < 4.78 is 14.7. The number of amides is 3. The smallest absolute Gasteiger partial charge is 0.321 e. The Morgan fingerprint density at radius 2 is 1.81 bits per heavy atom. The molecule has 4 rings (SSSR count). The van der Waals surface area contributed by atoms with Gasteiger partial charge in [-0.3, -0.25) is 19.5 Å². The van der Waals surface area contributed by atoms with Crippen LogP contribution in [0.15, 0.2) is 58.5 Å². The van der Waals surface area contributed by atoms with Gasteiger partial charge in [0.15, 0.2) is 5.16 Å². The maximum absolute atomic E-state index is 13.3. The molecule has 9 heteroatoms. The fraction of sp³-hybridized carbons (Fsp3) is 0.304.